The van der Waals surface area contributed by atoms with Gasteiger partial charge in [-0.05, 0) is 37.7 Å². The van der Waals surface area contributed by atoms with Gasteiger partial charge in [0.2, 0.25) is 17.5 Å². The van der Waals surface area contributed by atoms with E-state index in [-0.39, 0.29) is 18.2 Å². The molecule has 1 aliphatic rings. The van der Waals surface area contributed by atoms with Crippen molar-refractivity contribution in [2.24, 2.45) is 7.05 Å². The predicted octanol–water partition coefficient (Wildman–Crippen LogP) is 1.74. The predicted molar refractivity (Wildman–Crippen MR) is 116 cm³/mol. The molecule has 1 fully saturated rings. The van der Waals surface area contributed by atoms with Gasteiger partial charge in [-0.2, -0.15) is 19.6 Å². The highest BCUT2D eigenvalue weighted by Gasteiger charge is 2.26. The first kappa shape index (κ1) is 20.3. The minimum absolute atomic E-state index is 0.0369. The van der Waals surface area contributed by atoms with Crippen molar-refractivity contribution >= 4 is 17.5 Å². The molecule has 9 nitrogen and oxygen atoms in total. The highest BCUT2D eigenvalue weighted by Crippen LogP contribution is 2.26. The van der Waals surface area contributed by atoms with E-state index in [2.05, 4.69) is 22.2 Å². The quantitative estimate of drug-likeness (QED) is 0.611. The molecule has 3 aromatic heterocycles. The van der Waals surface area contributed by atoms with E-state index in [0.717, 1.165) is 55.4 Å². The summed E-state index contributed by atoms with van der Waals surface area (Å²) in [5.74, 6) is 1.30. The fourth-order valence-corrected chi connectivity index (χ4v) is 4.05. The molecular formula is C21H29N7O2. The lowest BCUT2D eigenvalue weighted by atomic mass is 10.0. The van der Waals surface area contributed by atoms with Crippen molar-refractivity contribution in [1.29, 1.82) is 0 Å². The van der Waals surface area contributed by atoms with E-state index in [1.54, 1.807) is 22.2 Å². The number of piperidine rings is 1. The summed E-state index contributed by atoms with van der Waals surface area (Å²) in [4.78, 5) is 23.5. The molecule has 9 heteroatoms. The molecule has 30 heavy (non-hydrogen) atoms. The Labute approximate surface area is 175 Å². The molecule has 1 aliphatic heterocycles. The molecule has 4 rings (SSSR count). The average Bonchev–Trinajstić information content (AvgIpc) is 3.18. The van der Waals surface area contributed by atoms with E-state index >= 15 is 0 Å². The van der Waals surface area contributed by atoms with Crippen LogP contribution < -0.4 is 15.8 Å². The van der Waals surface area contributed by atoms with E-state index < -0.39 is 0 Å². The normalized spacial score (nSPS) is 16.9. The molecule has 0 spiro atoms. The Morgan fingerprint density at radius 3 is 2.90 bits per heavy atom. The lowest BCUT2D eigenvalue weighted by molar-refractivity contribution is 0.261. The van der Waals surface area contributed by atoms with Gasteiger partial charge in [-0.3, -0.25) is 4.79 Å². The van der Waals surface area contributed by atoms with Crippen LogP contribution in [0.2, 0.25) is 0 Å². The van der Waals surface area contributed by atoms with Crippen molar-refractivity contribution < 1.29 is 5.11 Å². The van der Waals surface area contributed by atoms with Gasteiger partial charge >= 0.3 is 0 Å². The number of nitrogens with zero attached hydrogens (tertiary/aromatic N) is 6. The molecule has 0 unspecified atom stereocenters. The third-order valence-corrected chi connectivity index (χ3v) is 5.75. The highest BCUT2D eigenvalue weighted by atomic mass is 16.3. The van der Waals surface area contributed by atoms with Gasteiger partial charge in [0.1, 0.15) is 0 Å². The monoisotopic (exact) mass is 411 g/mol. The van der Waals surface area contributed by atoms with Crippen LogP contribution in [-0.4, -0.2) is 48.4 Å². The number of hydrogen-bond donors (Lipinski definition) is 2. The number of nitrogens with one attached hydrogen (secondary N) is 1. The number of pyridine rings is 1. The summed E-state index contributed by atoms with van der Waals surface area (Å²) in [6, 6.07) is 3.63. The number of aliphatic hydroxyl groups excluding tert-OH is 1. The number of rotatable bonds is 7. The average molecular weight is 412 g/mol. The number of anilines is 2. The number of aryl methyl sites for hydroxylation is 2. The minimum Gasteiger partial charge on any atom is -0.396 e. The van der Waals surface area contributed by atoms with Gasteiger partial charge in [-0.1, -0.05) is 13.0 Å². The van der Waals surface area contributed by atoms with Crippen LogP contribution in [0.1, 0.15) is 43.7 Å². The first-order valence-corrected chi connectivity index (χ1v) is 10.6. The van der Waals surface area contributed by atoms with Crippen molar-refractivity contribution in [3.63, 3.8) is 0 Å². The number of fused-ring (bicyclic) bond motifs is 1. The minimum atomic E-state index is -0.0369. The topological polar surface area (TPSA) is 101 Å². The van der Waals surface area contributed by atoms with Gasteiger partial charge in [0.05, 0.1) is 6.20 Å². The Balaban J connectivity index is 1.69. The van der Waals surface area contributed by atoms with Crippen LogP contribution >= 0.6 is 0 Å². The van der Waals surface area contributed by atoms with E-state index in [0.29, 0.717) is 18.4 Å². The summed E-state index contributed by atoms with van der Waals surface area (Å²) in [5, 5.41) is 17.4. The maximum absolute atomic E-state index is 11.6. The molecule has 3 aromatic rings. The standard InChI is InChI=1S/C21H29N7O2/c1-3-16-13-23-28-19(16)24-21(27-10-5-4-6-17(27)9-11-29)25-20(28)22-12-15-7-8-18(30)26(2)14-15/h7-8,13-14,17,29H,3-6,9-12H2,1-2H3,(H,22,24,25)/t17-/m0/s1. The van der Waals surface area contributed by atoms with Crippen molar-refractivity contribution in [1.82, 2.24) is 24.1 Å². The summed E-state index contributed by atoms with van der Waals surface area (Å²) in [5.41, 5.74) is 2.81. The van der Waals surface area contributed by atoms with Crippen LogP contribution in [-0.2, 0) is 20.0 Å². The summed E-state index contributed by atoms with van der Waals surface area (Å²) >= 11 is 0. The van der Waals surface area contributed by atoms with Crippen molar-refractivity contribution in [2.45, 2.75) is 51.6 Å². The Bertz CT molecular complexity index is 1070. The Morgan fingerprint density at radius 2 is 2.13 bits per heavy atom. The second kappa shape index (κ2) is 8.83. The van der Waals surface area contributed by atoms with E-state index in [9.17, 15) is 9.90 Å². The second-order valence-electron chi connectivity index (χ2n) is 7.80. The molecule has 1 saturated heterocycles. The zero-order valence-electron chi connectivity index (χ0n) is 17.6. The first-order chi connectivity index (χ1) is 14.6. The Hall–Kier alpha value is -2.94. The third-order valence-electron chi connectivity index (χ3n) is 5.75. The summed E-state index contributed by atoms with van der Waals surface area (Å²) in [7, 11) is 1.74. The van der Waals surface area contributed by atoms with Crippen LogP contribution in [0.15, 0.2) is 29.3 Å². The molecule has 160 valence electrons. The Morgan fingerprint density at radius 1 is 1.27 bits per heavy atom. The van der Waals surface area contributed by atoms with Gasteiger partial charge in [0.25, 0.3) is 0 Å². The van der Waals surface area contributed by atoms with Crippen LogP contribution in [0.5, 0.6) is 0 Å². The first-order valence-electron chi connectivity index (χ1n) is 10.6. The maximum Gasteiger partial charge on any atom is 0.250 e. The van der Waals surface area contributed by atoms with Crippen molar-refractivity contribution in [2.75, 3.05) is 23.4 Å². The largest absolute Gasteiger partial charge is 0.396 e. The number of hydrogen-bond acceptors (Lipinski definition) is 7. The molecule has 0 saturated carbocycles. The summed E-state index contributed by atoms with van der Waals surface area (Å²) in [6.07, 6.45) is 8.50. The SMILES string of the molecule is CCc1cnn2c(NCc3ccc(=O)n(C)c3)nc(N3CCCC[C@H]3CCO)nc12. The third kappa shape index (κ3) is 4.02. The molecule has 1 atom stereocenters. The number of aromatic nitrogens is 5. The molecular weight excluding hydrogens is 382 g/mol. The van der Waals surface area contributed by atoms with Gasteiger partial charge in [-0.15, -0.1) is 0 Å². The number of aliphatic hydroxyl groups is 1. The Kier molecular flexibility index (Phi) is 5.98. The molecule has 2 N–H and O–H groups in total. The lowest BCUT2D eigenvalue weighted by Crippen LogP contribution is -2.41. The van der Waals surface area contributed by atoms with E-state index in [1.165, 1.54) is 0 Å². The maximum atomic E-state index is 11.6. The van der Waals surface area contributed by atoms with Gasteiger partial charge in [0.15, 0.2) is 5.65 Å². The smallest absolute Gasteiger partial charge is 0.250 e. The second-order valence-corrected chi connectivity index (χ2v) is 7.80. The van der Waals surface area contributed by atoms with E-state index in [4.69, 9.17) is 9.97 Å². The zero-order valence-corrected chi connectivity index (χ0v) is 17.6. The molecule has 0 radical (unpaired) electrons. The van der Waals surface area contributed by atoms with Gasteiger partial charge < -0.3 is 19.9 Å². The fraction of sp³-hybridized carbons (Fsp3) is 0.524. The lowest BCUT2D eigenvalue weighted by Gasteiger charge is -2.35. The van der Waals surface area contributed by atoms with Crippen molar-refractivity contribution in [3.8, 4) is 0 Å². The molecule has 0 aliphatic carbocycles. The molecule has 0 aromatic carbocycles. The van der Waals surface area contributed by atoms with E-state index in [1.807, 2.05) is 18.5 Å². The van der Waals surface area contributed by atoms with Gasteiger partial charge in [-0.25, -0.2) is 0 Å². The highest BCUT2D eigenvalue weighted by molar-refractivity contribution is 5.55. The van der Waals surface area contributed by atoms with Crippen LogP contribution in [0.3, 0.4) is 0 Å². The molecule has 0 bridgehead atoms. The van der Waals surface area contributed by atoms with Gasteiger partial charge in [0, 0.05) is 50.6 Å². The molecule has 4 heterocycles. The van der Waals surface area contributed by atoms with Crippen LogP contribution in [0.25, 0.3) is 5.65 Å². The van der Waals surface area contributed by atoms with Crippen LogP contribution in [0, 0.1) is 0 Å². The fourth-order valence-electron chi connectivity index (χ4n) is 4.05. The molecule has 0 amide bonds. The summed E-state index contributed by atoms with van der Waals surface area (Å²) < 4.78 is 3.31. The van der Waals surface area contributed by atoms with Crippen LogP contribution in [0.4, 0.5) is 11.9 Å². The summed E-state index contributed by atoms with van der Waals surface area (Å²) in [6.45, 7) is 3.65. The zero-order chi connectivity index (χ0) is 21.1. The van der Waals surface area contributed by atoms with Crippen molar-refractivity contribution in [3.05, 3.63) is 46.0 Å².